The highest BCUT2D eigenvalue weighted by molar-refractivity contribution is 7.10. The Labute approximate surface area is 211 Å². The monoisotopic (exact) mass is 551 g/mol. The number of halogens is 6. The van der Waals surface area contributed by atoms with E-state index in [4.69, 9.17) is 4.74 Å². The van der Waals surface area contributed by atoms with E-state index in [-0.39, 0.29) is 36.1 Å². The summed E-state index contributed by atoms with van der Waals surface area (Å²) in [4.78, 5) is 21.0. The summed E-state index contributed by atoms with van der Waals surface area (Å²) < 4.78 is 84.7. The van der Waals surface area contributed by atoms with Crippen molar-refractivity contribution >= 4 is 28.3 Å². The van der Waals surface area contributed by atoms with Gasteiger partial charge in [0.1, 0.15) is 10.8 Å². The molecule has 0 aliphatic carbocycles. The molecular weight excluding hydrogens is 528 g/mol. The van der Waals surface area contributed by atoms with Gasteiger partial charge in [0.05, 0.1) is 43.3 Å². The number of nitrogens with zero attached hydrogens (tertiary/aromatic N) is 4. The molecule has 2 aromatic rings. The largest absolute Gasteiger partial charge is 0.479 e. The quantitative estimate of drug-likeness (QED) is 0.301. The molecule has 0 spiro atoms. The van der Waals surface area contributed by atoms with Crippen molar-refractivity contribution in [3.63, 3.8) is 0 Å². The molecule has 0 fully saturated rings. The molecule has 2 aromatic heterocycles. The minimum absolute atomic E-state index is 0.0126. The average molecular weight is 552 g/mol. The first-order chi connectivity index (χ1) is 17.3. The summed E-state index contributed by atoms with van der Waals surface area (Å²) in [5.74, 6) is -0.0706. The maximum Gasteiger partial charge on any atom is 0.434 e. The molecule has 9 nitrogen and oxygen atoms in total. The van der Waals surface area contributed by atoms with Gasteiger partial charge in [-0.25, -0.2) is 9.97 Å². The Morgan fingerprint density at radius 1 is 1.19 bits per heavy atom. The van der Waals surface area contributed by atoms with Crippen LogP contribution in [0.2, 0.25) is 0 Å². The SMILES string of the molecule is Cc1nsc(Nc2cnc(C(F)(F)F)cn2)c1C(=O)NC1=CC=C(OCCCN(C)CC(F)(F)F)NC1. The Balaban J connectivity index is 1.53. The van der Waals surface area contributed by atoms with Crippen LogP contribution in [0, 0.1) is 6.92 Å². The molecule has 3 N–H and O–H groups in total. The van der Waals surface area contributed by atoms with Crippen LogP contribution < -0.4 is 16.0 Å². The van der Waals surface area contributed by atoms with Gasteiger partial charge in [0.2, 0.25) is 0 Å². The van der Waals surface area contributed by atoms with Crippen LogP contribution in [0.1, 0.15) is 28.2 Å². The summed E-state index contributed by atoms with van der Waals surface area (Å²) in [6, 6.07) is 0. The number of anilines is 2. The number of carbonyl (C=O) groups is 1. The molecule has 0 atom stereocenters. The van der Waals surface area contributed by atoms with Crippen molar-refractivity contribution in [1.82, 2.24) is 29.9 Å². The number of hydrogen-bond donors (Lipinski definition) is 3. The molecule has 0 bridgehead atoms. The first kappa shape index (κ1) is 28.2. The second-order valence-electron chi connectivity index (χ2n) is 7.97. The zero-order chi connectivity index (χ0) is 27.2. The molecule has 16 heteroatoms. The Hall–Kier alpha value is -3.40. The van der Waals surface area contributed by atoms with Crippen molar-refractivity contribution in [2.24, 2.45) is 0 Å². The van der Waals surface area contributed by atoms with Gasteiger partial charge in [0.25, 0.3) is 5.91 Å². The fourth-order valence-corrected chi connectivity index (χ4v) is 3.95. The third-order valence-electron chi connectivity index (χ3n) is 4.83. The van der Waals surface area contributed by atoms with Crippen molar-refractivity contribution in [2.45, 2.75) is 25.7 Å². The highest BCUT2D eigenvalue weighted by Gasteiger charge is 2.33. The van der Waals surface area contributed by atoms with Crippen LogP contribution in [0.15, 0.2) is 36.1 Å². The van der Waals surface area contributed by atoms with E-state index in [2.05, 4.69) is 30.3 Å². The van der Waals surface area contributed by atoms with E-state index < -0.39 is 30.5 Å². The zero-order valence-electron chi connectivity index (χ0n) is 19.6. The standard InChI is InChI=1S/C21H23F6N7O2S/c1-12-17(19(37-33-12)32-15-10-28-14(9-29-15)21(25,26)27)18(35)31-13-4-5-16(30-8-13)36-7-3-6-34(2)11-20(22,23)24/h4-5,9-10,30H,3,6-8,11H2,1-2H3,(H,29,32)(H,31,35). The van der Waals surface area contributed by atoms with Gasteiger partial charge >= 0.3 is 12.4 Å². The number of carbonyl (C=O) groups excluding carboxylic acids is 1. The van der Waals surface area contributed by atoms with Gasteiger partial charge in [0, 0.05) is 12.2 Å². The number of dihydropyridines is 1. The van der Waals surface area contributed by atoms with Crippen LogP contribution >= 0.6 is 11.5 Å². The van der Waals surface area contributed by atoms with Crippen LogP contribution in [-0.2, 0) is 10.9 Å². The van der Waals surface area contributed by atoms with Crippen molar-refractivity contribution < 1.29 is 35.9 Å². The van der Waals surface area contributed by atoms with Crippen molar-refractivity contribution in [3.05, 3.63) is 53.1 Å². The lowest BCUT2D eigenvalue weighted by Gasteiger charge is -2.20. The molecular formula is C21H23F6N7O2S. The van der Waals surface area contributed by atoms with E-state index in [9.17, 15) is 31.1 Å². The number of aryl methyl sites for hydroxylation is 1. The molecule has 1 aliphatic heterocycles. The van der Waals surface area contributed by atoms with Crippen LogP contribution in [0.4, 0.5) is 37.2 Å². The summed E-state index contributed by atoms with van der Waals surface area (Å²) in [6.45, 7) is 1.26. The smallest absolute Gasteiger partial charge is 0.434 e. The third-order valence-corrected chi connectivity index (χ3v) is 5.68. The predicted octanol–water partition coefficient (Wildman–Crippen LogP) is 3.96. The molecule has 37 heavy (non-hydrogen) atoms. The van der Waals surface area contributed by atoms with E-state index in [1.54, 1.807) is 19.1 Å². The fraction of sp³-hybridized carbons (Fsp3) is 0.429. The predicted molar refractivity (Wildman–Crippen MR) is 123 cm³/mol. The molecule has 3 rings (SSSR count). The van der Waals surface area contributed by atoms with E-state index in [1.165, 1.54) is 7.05 Å². The second-order valence-corrected chi connectivity index (χ2v) is 8.74. The second kappa shape index (κ2) is 11.8. The summed E-state index contributed by atoms with van der Waals surface area (Å²) in [6.07, 6.45) is -3.79. The average Bonchev–Trinajstić information content (AvgIpc) is 3.16. The Morgan fingerprint density at radius 3 is 2.54 bits per heavy atom. The number of nitrogens with one attached hydrogen (secondary N) is 3. The number of alkyl halides is 6. The summed E-state index contributed by atoms with van der Waals surface area (Å²) in [7, 11) is 1.38. The molecule has 1 aliphatic rings. The number of aromatic nitrogens is 3. The van der Waals surface area contributed by atoms with Gasteiger partial charge in [0.15, 0.2) is 11.6 Å². The number of ether oxygens (including phenoxy) is 1. The minimum atomic E-state index is -4.62. The topological polar surface area (TPSA) is 104 Å². The summed E-state index contributed by atoms with van der Waals surface area (Å²) in [5.41, 5.74) is -0.0301. The van der Waals surface area contributed by atoms with E-state index >= 15 is 0 Å². The van der Waals surface area contributed by atoms with Gasteiger partial charge in [-0.1, -0.05) is 0 Å². The number of allylic oxidation sites excluding steroid dienone is 2. The van der Waals surface area contributed by atoms with Crippen LogP contribution in [-0.4, -0.2) is 64.6 Å². The lowest BCUT2D eigenvalue weighted by Crippen LogP contribution is -2.33. The fourth-order valence-electron chi connectivity index (χ4n) is 3.15. The first-order valence-corrected chi connectivity index (χ1v) is 11.6. The number of amides is 1. The molecule has 202 valence electrons. The van der Waals surface area contributed by atoms with Crippen molar-refractivity contribution in [1.29, 1.82) is 0 Å². The third kappa shape index (κ3) is 8.59. The summed E-state index contributed by atoms with van der Waals surface area (Å²) >= 11 is 0.943. The lowest BCUT2D eigenvalue weighted by molar-refractivity contribution is -0.143. The van der Waals surface area contributed by atoms with Crippen molar-refractivity contribution in [3.8, 4) is 0 Å². The number of hydrogen-bond acceptors (Lipinski definition) is 9. The summed E-state index contributed by atoms with van der Waals surface area (Å²) in [5, 5.41) is 8.73. The first-order valence-electron chi connectivity index (χ1n) is 10.8. The highest BCUT2D eigenvalue weighted by atomic mass is 32.1. The van der Waals surface area contributed by atoms with Gasteiger partial charge in [-0.05, 0) is 44.1 Å². The molecule has 0 saturated carbocycles. The van der Waals surface area contributed by atoms with Gasteiger partial charge in [-0.15, -0.1) is 0 Å². The van der Waals surface area contributed by atoms with Gasteiger partial charge in [-0.3, -0.25) is 9.69 Å². The van der Waals surface area contributed by atoms with Crippen LogP contribution in [0.5, 0.6) is 0 Å². The van der Waals surface area contributed by atoms with Crippen LogP contribution in [0.3, 0.4) is 0 Å². The maximum atomic E-state index is 12.9. The minimum Gasteiger partial charge on any atom is -0.479 e. The van der Waals surface area contributed by atoms with E-state index in [1.807, 2.05) is 0 Å². The van der Waals surface area contributed by atoms with Crippen molar-refractivity contribution in [2.75, 3.05) is 38.6 Å². The maximum absolute atomic E-state index is 12.9. The molecule has 3 heterocycles. The Morgan fingerprint density at radius 2 is 1.95 bits per heavy atom. The Bertz CT molecular complexity index is 1150. The normalized spacial score (nSPS) is 14.1. The van der Waals surface area contributed by atoms with E-state index in [0.717, 1.165) is 22.6 Å². The molecule has 0 unspecified atom stereocenters. The lowest BCUT2D eigenvalue weighted by atomic mass is 10.2. The van der Waals surface area contributed by atoms with E-state index in [0.29, 0.717) is 29.9 Å². The van der Waals surface area contributed by atoms with Gasteiger partial charge < -0.3 is 20.7 Å². The number of rotatable bonds is 10. The molecule has 1 amide bonds. The molecule has 0 radical (unpaired) electrons. The highest BCUT2D eigenvalue weighted by Crippen LogP contribution is 2.30. The Kier molecular flexibility index (Phi) is 8.96. The molecule has 0 saturated heterocycles. The molecule has 0 aromatic carbocycles. The zero-order valence-corrected chi connectivity index (χ0v) is 20.4. The van der Waals surface area contributed by atoms with Crippen LogP contribution in [0.25, 0.3) is 0 Å². The van der Waals surface area contributed by atoms with Gasteiger partial charge in [-0.2, -0.15) is 30.7 Å².